The lowest BCUT2D eigenvalue weighted by atomic mass is 9.99. The first-order valence-corrected chi connectivity index (χ1v) is 28.2. The molecule has 0 aliphatic heterocycles. The van der Waals surface area contributed by atoms with Crippen LogP contribution >= 0.6 is 11.3 Å². The van der Waals surface area contributed by atoms with E-state index in [9.17, 15) is 0 Å². The van der Waals surface area contributed by atoms with E-state index in [1.54, 1.807) is 0 Å². The number of thiophene rings is 1. The number of oxazole rings is 2. The first-order valence-electron chi connectivity index (χ1n) is 27.4. The summed E-state index contributed by atoms with van der Waals surface area (Å²) in [6.07, 6.45) is 0. The topological polar surface area (TPSA) is 61.8 Å². The first kappa shape index (κ1) is 48.3. The van der Waals surface area contributed by atoms with Crippen LogP contribution in [0.2, 0.25) is 0 Å². The lowest BCUT2D eigenvalue weighted by Gasteiger charge is -2.25. The summed E-state index contributed by atoms with van der Waals surface area (Å²) in [5.41, 5.74) is 19.1. The second-order valence-electron chi connectivity index (χ2n) is 20.2. The van der Waals surface area contributed by atoms with Crippen molar-refractivity contribution in [1.29, 1.82) is 0 Å². The zero-order valence-corrected chi connectivity index (χ0v) is 45.1. The molecule has 8 heteroatoms. The highest BCUT2D eigenvalue weighted by Crippen LogP contribution is 2.43. The van der Waals surface area contributed by atoms with Crippen molar-refractivity contribution in [1.82, 2.24) is 9.97 Å². The molecule has 0 aliphatic rings. The highest BCUT2D eigenvalue weighted by Gasteiger charge is 2.19. The fourth-order valence-electron chi connectivity index (χ4n) is 11.1. The molecule has 15 rings (SSSR count). The second kappa shape index (κ2) is 20.8. The van der Waals surface area contributed by atoms with E-state index in [2.05, 4.69) is 269 Å². The molecule has 3 heterocycles. The van der Waals surface area contributed by atoms with E-state index < -0.39 is 0 Å². The number of hydrogen-bond donors (Lipinski definition) is 0. The molecule has 3 aromatic heterocycles. The van der Waals surface area contributed by atoms with Crippen LogP contribution in [0.5, 0.6) is 0 Å². The van der Waals surface area contributed by atoms with E-state index in [1.807, 2.05) is 53.8 Å². The molecule has 0 N–H and O–H groups in total. The van der Waals surface area contributed by atoms with Gasteiger partial charge in [-0.25, -0.2) is 9.97 Å². The summed E-state index contributed by atoms with van der Waals surface area (Å²) >= 11 is 1.84. The van der Waals surface area contributed by atoms with Gasteiger partial charge in [0.25, 0.3) is 0 Å². The molecule has 0 saturated heterocycles. The van der Waals surface area contributed by atoms with Crippen LogP contribution in [-0.2, 0) is 0 Å². The SMILES string of the molecule is c1ccc(N(c2ccc(-c3ccc4sc5ccc(-c6ccc(N(c7ccccc7)c7ccc(-c8nc9ccc(N(c%10ccccc%10)c%10ccccc%10)cc9o8)cc7)cc6)cc5c4c3)cc2)c2ccc(-c3nc4ccccc4o3)cc2)cc1. The number of nitrogens with zero attached hydrogens (tertiary/aromatic N) is 5. The van der Waals surface area contributed by atoms with Crippen LogP contribution in [0.4, 0.5) is 51.2 Å². The minimum Gasteiger partial charge on any atom is -0.436 e. The van der Waals surface area contributed by atoms with Gasteiger partial charge in [0.15, 0.2) is 11.2 Å². The van der Waals surface area contributed by atoms with Crippen LogP contribution < -0.4 is 14.7 Å². The van der Waals surface area contributed by atoms with Crippen molar-refractivity contribution in [3.63, 3.8) is 0 Å². The first-order chi connectivity index (χ1) is 40.6. The summed E-state index contributed by atoms with van der Waals surface area (Å²) in [7, 11) is 0. The van der Waals surface area contributed by atoms with Crippen molar-refractivity contribution >= 4 is 105 Å². The molecule has 0 aliphatic carbocycles. The lowest BCUT2D eigenvalue weighted by Crippen LogP contribution is -2.09. The van der Waals surface area contributed by atoms with Gasteiger partial charge in [-0.05, 0) is 192 Å². The third kappa shape index (κ3) is 9.18. The summed E-state index contributed by atoms with van der Waals surface area (Å²) in [6.45, 7) is 0. The number of aromatic nitrogens is 2. The molecule has 388 valence electrons. The zero-order valence-electron chi connectivity index (χ0n) is 44.3. The lowest BCUT2D eigenvalue weighted by molar-refractivity contribution is 0.619. The molecule has 0 saturated carbocycles. The normalized spacial score (nSPS) is 11.4. The van der Waals surface area contributed by atoms with Gasteiger partial charge in [-0.3, -0.25) is 0 Å². The van der Waals surface area contributed by atoms with Crippen LogP contribution in [0.3, 0.4) is 0 Å². The molecule has 0 atom stereocenters. The number of fused-ring (bicyclic) bond motifs is 5. The molecule has 12 aromatic carbocycles. The minimum atomic E-state index is 0.574. The zero-order chi connectivity index (χ0) is 54.3. The third-order valence-electron chi connectivity index (χ3n) is 15.1. The summed E-state index contributed by atoms with van der Waals surface area (Å²) in [5.74, 6) is 1.18. The van der Waals surface area contributed by atoms with Gasteiger partial charge in [0.1, 0.15) is 11.0 Å². The maximum absolute atomic E-state index is 6.51. The van der Waals surface area contributed by atoms with Crippen LogP contribution in [0.15, 0.2) is 306 Å². The highest BCUT2D eigenvalue weighted by molar-refractivity contribution is 7.25. The van der Waals surface area contributed by atoms with E-state index in [-0.39, 0.29) is 0 Å². The molecule has 0 unspecified atom stereocenters. The minimum absolute atomic E-state index is 0.574. The van der Waals surface area contributed by atoms with Crippen molar-refractivity contribution < 1.29 is 8.83 Å². The summed E-state index contributed by atoms with van der Waals surface area (Å²) < 4.78 is 15.1. The van der Waals surface area contributed by atoms with E-state index >= 15 is 0 Å². The Morgan fingerprint density at radius 1 is 0.244 bits per heavy atom. The third-order valence-corrected chi connectivity index (χ3v) is 16.3. The predicted molar refractivity (Wildman–Crippen MR) is 340 cm³/mol. The molecule has 15 aromatic rings. The van der Waals surface area contributed by atoms with Gasteiger partial charge in [-0.15, -0.1) is 11.3 Å². The van der Waals surface area contributed by atoms with E-state index in [1.165, 1.54) is 31.3 Å². The largest absolute Gasteiger partial charge is 0.436 e. The number of hydrogen-bond acceptors (Lipinski definition) is 8. The van der Waals surface area contributed by atoms with Gasteiger partial charge in [-0.1, -0.05) is 121 Å². The van der Waals surface area contributed by atoms with Crippen molar-refractivity contribution in [3.05, 3.63) is 297 Å². The number of para-hydroxylation sites is 6. The Morgan fingerprint density at radius 2 is 0.561 bits per heavy atom. The fourth-order valence-corrected chi connectivity index (χ4v) is 12.1. The van der Waals surface area contributed by atoms with E-state index in [4.69, 9.17) is 18.8 Å². The molecule has 0 bridgehead atoms. The summed E-state index contributed by atoms with van der Waals surface area (Å²) in [5, 5.41) is 2.51. The van der Waals surface area contributed by atoms with Crippen molar-refractivity contribution in [2.75, 3.05) is 14.7 Å². The number of rotatable bonds is 13. The Balaban J connectivity index is 0.690. The van der Waals surface area contributed by atoms with Gasteiger partial charge < -0.3 is 23.5 Å². The molecular weight excluding hydrogens is 1020 g/mol. The van der Waals surface area contributed by atoms with Gasteiger partial charge in [0, 0.05) is 88.6 Å². The average Bonchev–Trinajstić information content (AvgIpc) is 4.32. The average molecular weight is 1070 g/mol. The molecule has 0 radical (unpaired) electrons. The Labute approximate surface area is 478 Å². The Bertz CT molecular complexity index is 4650. The van der Waals surface area contributed by atoms with Gasteiger partial charge in [0.2, 0.25) is 11.8 Å². The fraction of sp³-hybridized carbons (Fsp3) is 0. The summed E-state index contributed by atoms with van der Waals surface area (Å²) in [6, 6.07) is 104. The molecule has 0 amide bonds. The van der Waals surface area contributed by atoms with E-state index in [0.717, 1.165) is 95.6 Å². The predicted octanol–water partition coefficient (Wildman–Crippen LogP) is 21.4. The maximum atomic E-state index is 6.51. The molecule has 7 nitrogen and oxygen atoms in total. The van der Waals surface area contributed by atoms with Crippen LogP contribution in [-0.4, -0.2) is 9.97 Å². The van der Waals surface area contributed by atoms with Crippen molar-refractivity contribution in [2.24, 2.45) is 0 Å². The summed E-state index contributed by atoms with van der Waals surface area (Å²) in [4.78, 5) is 16.5. The van der Waals surface area contributed by atoms with Gasteiger partial charge >= 0.3 is 0 Å². The quantitative estimate of drug-likeness (QED) is 0.114. The van der Waals surface area contributed by atoms with Crippen molar-refractivity contribution in [3.8, 4) is 45.2 Å². The Hall–Kier alpha value is -10.8. The second-order valence-corrected chi connectivity index (χ2v) is 21.3. The van der Waals surface area contributed by atoms with E-state index in [0.29, 0.717) is 11.8 Å². The molecule has 0 fully saturated rings. The molecular formula is C74H49N5O2S. The maximum Gasteiger partial charge on any atom is 0.227 e. The smallest absolute Gasteiger partial charge is 0.227 e. The van der Waals surface area contributed by atoms with Crippen LogP contribution in [0.1, 0.15) is 0 Å². The Morgan fingerprint density at radius 3 is 0.976 bits per heavy atom. The highest BCUT2D eigenvalue weighted by atomic mass is 32.1. The van der Waals surface area contributed by atoms with Crippen LogP contribution in [0.25, 0.3) is 87.5 Å². The molecule has 82 heavy (non-hydrogen) atoms. The van der Waals surface area contributed by atoms with Gasteiger partial charge in [0.05, 0.1) is 0 Å². The standard InChI is InChI=1S/C74H49N5O2S/c1-5-15-56(16-6-1)77(62-39-29-52(30-40-62)73-75-67-23-13-14-24-69(67)80-73)60-35-25-50(26-36-60)54-33-45-71-65(47-54)66-48-55(34-46-72(66)82-71)51-27-37-61(38-28-51)78(57-17-7-2-8-18-57)63-41-31-53(32-42-63)74-76-68-44-43-64(49-70(68)81-74)79(58-19-9-3-10-20-58)59-21-11-4-12-22-59/h1-49H. The van der Waals surface area contributed by atoms with Crippen molar-refractivity contribution in [2.45, 2.75) is 0 Å². The number of benzene rings is 12. The molecule has 0 spiro atoms. The Kier molecular flexibility index (Phi) is 12.2. The number of anilines is 9. The van der Waals surface area contributed by atoms with Crippen LogP contribution in [0, 0.1) is 0 Å². The van der Waals surface area contributed by atoms with Gasteiger partial charge in [-0.2, -0.15) is 0 Å². The monoisotopic (exact) mass is 1070 g/mol.